The van der Waals surface area contributed by atoms with E-state index in [1.807, 2.05) is 4.98 Å². The van der Waals surface area contributed by atoms with Gasteiger partial charge in [0.05, 0.1) is 11.1 Å². The van der Waals surface area contributed by atoms with Gasteiger partial charge in [0.15, 0.2) is 0 Å². The zero-order valence-electron chi connectivity index (χ0n) is 7.46. The zero-order valence-corrected chi connectivity index (χ0v) is 7.46. The molecule has 1 aromatic heterocycles. The third-order valence-corrected chi connectivity index (χ3v) is 1.69. The fraction of sp³-hybridized carbons (Fsp3) is 0. The fourth-order valence-electron chi connectivity index (χ4n) is 1.03. The molecule has 1 rings (SSSR count). The largest absolute Gasteiger partial charge is 0.477 e. The summed E-state index contributed by atoms with van der Waals surface area (Å²) in [5, 5.41) is 27.5. The normalized spacial score (nSPS) is 9.75. The van der Waals surface area contributed by atoms with E-state index < -0.39 is 39.2 Å². The molecule has 9 nitrogen and oxygen atoms in total. The molecule has 0 fully saturated rings. The molecular weight excluding hydrogens is 224 g/mol. The summed E-state index contributed by atoms with van der Waals surface area (Å²) in [6.07, 6.45) is 0.540. The van der Waals surface area contributed by atoms with Crippen LogP contribution >= 0.6 is 0 Å². The van der Waals surface area contributed by atoms with Gasteiger partial charge in [-0.15, -0.1) is 0 Å². The van der Waals surface area contributed by atoms with Crippen LogP contribution < -0.4 is 5.43 Å². The average Bonchev–Trinajstić information content (AvgIpc) is 2.15. The standard InChI is InChI=1S/C7H4N2O7/c10-5-2(9(15)16)1-8-4(7(13)14)3(5)6(11)12/h1H,(H,8,10)(H,11,12)(H,13,14). The molecule has 0 saturated heterocycles. The minimum Gasteiger partial charge on any atom is -0.477 e. The molecule has 1 heterocycles. The Kier molecular flexibility index (Phi) is 2.70. The first-order chi connectivity index (χ1) is 7.36. The second-order valence-corrected chi connectivity index (χ2v) is 2.62. The van der Waals surface area contributed by atoms with Gasteiger partial charge >= 0.3 is 17.6 Å². The van der Waals surface area contributed by atoms with Gasteiger partial charge in [-0.25, -0.2) is 9.59 Å². The second-order valence-electron chi connectivity index (χ2n) is 2.62. The Morgan fingerprint density at radius 3 is 2.25 bits per heavy atom. The number of rotatable bonds is 3. The van der Waals surface area contributed by atoms with Crippen molar-refractivity contribution in [2.75, 3.05) is 0 Å². The molecule has 0 bridgehead atoms. The Bertz CT molecular complexity index is 544. The predicted octanol–water partition coefficient (Wildman–Crippen LogP) is -0.321. The monoisotopic (exact) mass is 228 g/mol. The van der Waals surface area contributed by atoms with Crippen LogP contribution in [0.3, 0.4) is 0 Å². The minimum absolute atomic E-state index is 0.540. The third kappa shape index (κ3) is 1.73. The molecule has 0 atom stereocenters. The number of nitrogens with one attached hydrogen (secondary N) is 1. The van der Waals surface area contributed by atoms with Crippen LogP contribution in [-0.2, 0) is 0 Å². The maximum absolute atomic E-state index is 11.3. The van der Waals surface area contributed by atoms with E-state index in [9.17, 15) is 24.5 Å². The van der Waals surface area contributed by atoms with Crippen LogP contribution in [0.2, 0.25) is 0 Å². The Labute approximate surface area is 86.1 Å². The van der Waals surface area contributed by atoms with E-state index in [1.165, 1.54) is 0 Å². The topological polar surface area (TPSA) is 151 Å². The lowest BCUT2D eigenvalue weighted by atomic mass is 10.1. The highest BCUT2D eigenvalue weighted by molar-refractivity contribution is 6.00. The lowest BCUT2D eigenvalue weighted by Crippen LogP contribution is -2.23. The van der Waals surface area contributed by atoms with Crippen LogP contribution in [0.25, 0.3) is 0 Å². The number of nitro groups is 1. The number of aromatic carboxylic acids is 2. The number of pyridine rings is 1. The summed E-state index contributed by atoms with van der Waals surface area (Å²) in [6.45, 7) is 0. The van der Waals surface area contributed by atoms with Gasteiger partial charge in [0, 0.05) is 0 Å². The molecule has 0 aliphatic heterocycles. The van der Waals surface area contributed by atoms with E-state index in [1.54, 1.807) is 0 Å². The Balaban J connectivity index is 3.68. The molecule has 1 aromatic rings. The number of carbonyl (C=O) groups is 2. The average molecular weight is 228 g/mol. The summed E-state index contributed by atoms with van der Waals surface area (Å²) in [4.78, 5) is 43.6. The van der Waals surface area contributed by atoms with Gasteiger partial charge in [0.1, 0.15) is 11.3 Å². The number of hydrogen-bond donors (Lipinski definition) is 3. The first-order valence-corrected chi connectivity index (χ1v) is 3.73. The number of carboxylic acids is 2. The lowest BCUT2D eigenvalue weighted by Gasteiger charge is -1.99. The van der Waals surface area contributed by atoms with Gasteiger partial charge in [0.25, 0.3) is 5.43 Å². The number of aromatic nitrogens is 1. The SMILES string of the molecule is O=C(O)c1[nH]cc([N+](=O)[O-])c(=O)c1C(=O)O. The highest BCUT2D eigenvalue weighted by Crippen LogP contribution is 2.08. The maximum atomic E-state index is 11.3. The van der Waals surface area contributed by atoms with Crippen LogP contribution in [-0.4, -0.2) is 32.1 Å². The highest BCUT2D eigenvalue weighted by atomic mass is 16.6. The van der Waals surface area contributed by atoms with Gasteiger partial charge < -0.3 is 15.2 Å². The van der Waals surface area contributed by atoms with E-state index in [0.717, 1.165) is 0 Å². The van der Waals surface area contributed by atoms with Crippen molar-refractivity contribution in [1.82, 2.24) is 4.98 Å². The Hall–Kier alpha value is -2.71. The van der Waals surface area contributed by atoms with Crippen LogP contribution in [0.15, 0.2) is 11.0 Å². The van der Waals surface area contributed by atoms with Crippen molar-refractivity contribution in [3.8, 4) is 0 Å². The van der Waals surface area contributed by atoms with Crippen LogP contribution in [0.4, 0.5) is 5.69 Å². The molecule has 0 aromatic carbocycles. The minimum atomic E-state index is -1.85. The molecule has 3 N–H and O–H groups in total. The van der Waals surface area contributed by atoms with E-state index in [2.05, 4.69) is 0 Å². The summed E-state index contributed by atoms with van der Waals surface area (Å²) in [6, 6.07) is 0. The molecule has 0 unspecified atom stereocenters. The molecule has 0 saturated carbocycles. The Morgan fingerprint density at radius 2 is 1.88 bits per heavy atom. The fourth-order valence-corrected chi connectivity index (χ4v) is 1.03. The van der Waals surface area contributed by atoms with Crippen LogP contribution in [0.1, 0.15) is 20.8 Å². The summed E-state index contributed by atoms with van der Waals surface area (Å²) in [7, 11) is 0. The van der Waals surface area contributed by atoms with E-state index in [-0.39, 0.29) is 0 Å². The van der Waals surface area contributed by atoms with Crippen molar-refractivity contribution in [3.63, 3.8) is 0 Å². The van der Waals surface area contributed by atoms with Gasteiger partial charge in [0.2, 0.25) is 0 Å². The van der Waals surface area contributed by atoms with Gasteiger partial charge in [-0.05, 0) is 0 Å². The highest BCUT2D eigenvalue weighted by Gasteiger charge is 2.26. The van der Waals surface area contributed by atoms with E-state index >= 15 is 0 Å². The van der Waals surface area contributed by atoms with Crippen LogP contribution in [0.5, 0.6) is 0 Å². The summed E-state index contributed by atoms with van der Waals surface area (Å²) in [5.74, 6) is -3.54. The molecular formula is C7H4N2O7. The summed E-state index contributed by atoms with van der Waals surface area (Å²) in [5.41, 5.74) is -4.54. The van der Waals surface area contributed by atoms with E-state index in [4.69, 9.17) is 10.2 Å². The predicted molar refractivity (Wildman–Crippen MR) is 47.6 cm³/mol. The van der Waals surface area contributed by atoms with Crippen molar-refractivity contribution in [3.05, 3.63) is 37.8 Å². The molecule has 9 heteroatoms. The summed E-state index contributed by atoms with van der Waals surface area (Å²) < 4.78 is 0. The van der Waals surface area contributed by atoms with Gasteiger partial charge in [-0.3, -0.25) is 14.9 Å². The van der Waals surface area contributed by atoms with Gasteiger partial charge in [-0.2, -0.15) is 0 Å². The molecule has 16 heavy (non-hydrogen) atoms. The molecule has 84 valence electrons. The maximum Gasteiger partial charge on any atom is 0.353 e. The zero-order chi connectivity index (χ0) is 12.5. The van der Waals surface area contributed by atoms with Crippen LogP contribution in [0, 0.1) is 10.1 Å². The molecule has 0 aliphatic carbocycles. The molecule has 0 amide bonds. The van der Waals surface area contributed by atoms with Crippen molar-refractivity contribution in [2.24, 2.45) is 0 Å². The summed E-state index contributed by atoms with van der Waals surface area (Å²) >= 11 is 0. The number of aromatic amines is 1. The number of H-pyrrole nitrogens is 1. The van der Waals surface area contributed by atoms with Gasteiger partial charge in [-0.1, -0.05) is 0 Å². The lowest BCUT2D eigenvalue weighted by molar-refractivity contribution is -0.386. The van der Waals surface area contributed by atoms with Crippen molar-refractivity contribution in [2.45, 2.75) is 0 Å². The van der Waals surface area contributed by atoms with E-state index in [0.29, 0.717) is 6.20 Å². The smallest absolute Gasteiger partial charge is 0.353 e. The number of carboxylic acid groups (broad SMARTS) is 2. The van der Waals surface area contributed by atoms with Crippen molar-refractivity contribution >= 4 is 17.6 Å². The number of nitrogens with zero attached hydrogens (tertiary/aromatic N) is 1. The first-order valence-electron chi connectivity index (χ1n) is 3.73. The van der Waals surface area contributed by atoms with Crippen molar-refractivity contribution < 1.29 is 24.7 Å². The Morgan fingerprint density at radius 1 is 1.31 bits per heavy atom. The second kappa shape index (κ2) is 3.81. The third-order valence-electron chi connectivity index (χ3n) is 1.69. The number of hydrogen-bond acceptors (Lipinski definition) is 5. The first kappa shape index (κ1) is 11.4. The van der Waals surface area contributed by atoms with Crippen molar-refractivity contribution in [1.29, 1.82) is 0 Å². The quantitative estimate of drug-likeness (QED) is 0.473. The molecule has 0 spiro atoms. The molecule has 0 radical (unpaired) electrons. The molecule has 0 aliphatic rings.